The first-order valence-corrected chi connectivity index (χ1v) is 22.6. The fourth-order valence-corrected chi connectivity index (χ4v) is 8.90. The van der Waals surface area contributed by atoms with Crippen LogP contribution < -0.4 is 4.90 Å². The second kappa shape index (κ2) is 17.5. The molecule has 2 heterocycles. The number of carboxylic acid groups (broad SMARTS) is 1. The van der Waals surface area contributed by atoms with Crippen LogP contribution in [0.4, 0.5) is 11.4 Å². The zero-order chi connectivity index (χ0) is 40.8. The summed E-state index contributed by atoms with van der Waals surface area (Å²) in [5, 5.41) is 9.09. The largest absolute Gasteiger partial charge is 0.748 e. The van der Waals surface area contributed by atoms with Crippen molar-refractivity contribution in [2.24, 2.45) is 0 Å². The summed E-state index contributed by atoms with van der Waals surface area (Å²) in [5.41, 5.74) is 4.60. The molecule has 1 atom stereocenters. The zero-order valence-corrected chi connectivity index (χ0v) is 33.9. The molecule has 0 spiro atoms. The van der Waals surface area contributed by atoms with Crippen LogP contribution in [-0.4, -0.2) is 84.9 Å². The molecule has 2 aromatic carbocycles. The number of hydrogen-bond acceptors (Lipinski definition) is 11. The summed E-state index contributed by atoms with van der Waals surface area (Å²) in [6.45, 7) is 8.30. The average Bonchev–Trinajstić information content (AvgIpc) is 3.41. The highest BCUT2D eigenvalue weighted by Crippen LogP contribution is 2.51. The second-order valence-corrected chi connectivity index (χ2v) is 19.1. The highest BCUT2D eigenvalue weighted by Gasteiger charge is 2.45. The van der Waals surface area contributed by atoms with Crippen LogP contribution in [0.1, 0.15) is 82.4 Å². The van der Waals surface area contributed by atoms with E-state index in [9.17, 15) is 43.7 Å². The predicted molar refractivity (Wildman–Crippen MR) is 208 cm³/mol. The second-order valence-electron chi connectivity index (χ2n) is 14.7. The van der Waals surface area contributed by atoms with Crippen LogP contribution in [0.3, 0.4) is 0 Å². The Morgan fingerprint density at radius 1 is 0.800 bits per heavy atom. The third kappa shape index (κ3) is 11.3. The summed E-state index contributed by atoms with van der Waals surface area (Å²) in [7, 11) is -13.6. The number of anilines is 1. The van der Waals surface area contributed by atoms with Crippen molar-refractivity contribution < 1.29 is 53.4 Å². The maximum absolute atomic E-state index is 11.8. The normalized spacial score (nSPS) is 19.4. The first kappa shape index (κ1) is 43.8. The molecule has 0 aromatic heterocycles. The molecule has 16 heteroatoms. The Kier molecular flexibility index (Phi) is 13.9. The Morgan fingerprint density at radius 2 is 1.45 bits per heavy atom. The maximum Gasteiger partial charge on any atom is 0.303 e. The van der Waals surface area contributed by atoms with Gasteiger partial charge in [0.25, 0.3) is 0 Å². The summed E-state index contributed by atoms with van der Waals surface area (Å²) in [6.07, 6.45) is 15.8. The fourth-order valence-electron chi connectivity index (χ4n) is 7.44. The van der Waals surface area contributed by atoms with E-state index in [-0.39, 0.29) is 30.7 Å². The molecule has 0 aliphatic carbocycles. The number of carboxylic acids is 1. The lowest BCUT2D eigenvalue weighted by atomic mass is 9.76. The molecule has 2 aliphatic rings. The van der Waals surface area contributed by atoms with Crippen LogP contribution in [0.5, 0.6) is 0 Å². The van der Waals surface area contributed by atoms with Gasteiger partial charge in [0.05, 0.1) is 30.5 Å². The van der Waals surface area contributed by atoms with Crippen molar-refractivity contribution in [1.29, 1.82) is 0 Å². The van der Waals surface area contributed by atoms with E-state index in [0.717, 1.165) is 35.4 Å². The van der Waals surface area contributed by atoms with E-state index in [1.165, 1.54) is 18.2 Å². The highest BCUT2D eigenvalue weighted by molar-refractivity contribution is 7.86. The molecular weight excluding hydrogens is 769 g/mol. The van der Waals surface area contributed by atoms with E-state index in [1.807, 2.05) is 61.8 Å². The SMILES string of the molecule is Cc1ccc2c(c1)C(C)(CCCCCC(=O)O)\C(=C/C=C/C=C/C=C/C1=[N+](CCCS(=O)(=O)[O-])c3ccc(S(=O)(=O)[O-])cc3C1(C)C)N2CCCS(=O)(=O)[O-]. The molecule has 0 bridgehead atoms. The summed E-state index contributed by atoms with van der Waals surface area (Å²) in [6, 6.07) is 10.1. The quantitative estimate of drug-likeness (QED) is 0.0804. The van der Waals surface area contributed by atoms with E-state index in [1.54, 1.807) is 18.2 Å². The van der Waals surface area contributed by atoms with Crippen molar-refractivity contribution in [1.82, 2.24) is 0 Å². The van der Waals surface area contributed by atoms with Gasteiger partial charge >= 0.3 is 5.97 Å². The number of nitrogens with zero attached hydrogens (tertiary/aromatic N) is 2. The smallest absolute Gasteiger partial charge is 0.303 e. The van der Waals surface area contributed by atoms with Gasteiger partial charge in [-0.2, -0.15) is 4.58 Å². The number of allylic oxidation sites excluding steroid dienone is 8. The molecule has 2 aliphatic heterocycles. The lowest BCUT2D eigenvalue weighted by Gasteiger charge is -2.30. The molecule has 55 heavy (non-hydrogen) atoms. The van der Waals surface area contributed by atoms with Gasteiger partial charge in [-0.15, -0.1) is 0 Å². The molecule has 0 amide bonds. The van der Waals surface area contributed by atoms with Gasteiger partial charge in [-0.25, -0.2) is 25.3 Å². The molecule has 0 radical (unpaired) electrons. The monoisotopic (exact) mass is 816 g/mol. The minimum atomic E-state index is -4.73. The molecule has 2 aromatic rings. The van der Waals surface area contributed by atoms with Gasteiger partial charge in [0.15, 0.2) is 5.71 Å². The number of aryl methyl sites for hydroxylation is 1. The Labute approximate surface area is 324 Å². The summed E-state index contributed by atoms with van der Waals surface area (Å²) < 4.78 is 106. The molecule has 0 fully saturated rings. The lowest BCUT2D eigenvalue weighted by molar-refractivity contribution is -0.437. The van der Waals surface area contributed by atoms with Crippen LogP contribution in [0, 0.1) is 6.92 Å². The van der Waals surface area contributed by atoms with Gasteiger partial charge in [0.1, 0.15) is 16.7 Å². The van der Waals surface area contributed by atoms with Crippen molar-refractivity contribution in [3.8, 4) is 0 Å². The summed E-state index contributed by atoms with van der Waals surface area (Å²) in [4.78, 5) is 12.7. The van der Waals surface area contributed by atoms with Crippen LogP contribution in [-0.2, 0) is 46.0 Å². The first-order chi connectivity index (χ1) is 25.5. The number of fused-ring (bicyclic) bond motifs is 2. The topological polar surface area (TPSA) is 215 Å². The Balaban J connectivity index is 1.63. The molecule has 0 saturated carbocycles. The van der Waals surface area contributed by atoms with Crippen LogP contribution >= 0.6 is 0 Å². The molecule has 1 unspecified atom stereocenters. The zero-order valence-electron chi connectivity index (χ0n) is 31.4. The van der Waals surface area contributed by atoms with Crippen molar-refractivity contribution in [3.63, 3.8) is 0 Å². The molecule has 300 valence electrons. The number of rotatable bonds is 19. The molecule has 4 rings (SSSR count). The Morgan fingerprint density at radius 3 is 2.11 bits per heavy atom. The van der Waals surface area contributed by atoms with Gasteiger partial charge < -0.3 is 23.7 Å². The summed E-state index contributed by atoms with van der Waals surface area (Å²) >= 11 is 0. The standard InChI is InChI=1S/C39H50N2O11S3/c1-29-18-20-34-32(27-29)39(4,22-12-8-11-17-37(42)43)36(41(34)24-14-26-54(47,48)49)16-10-7-5-6-9-15-35-38(2,3)31-28-30(55(50,51)52)19-21-33(31)40(35)23-13-25-53(44,45)46/h5-7,9-10,15-16,18-21,27-28H,8,11-14,17,22-26H2,1-4H3,(H3-,42,43,44,45,46,47,48,49,50,51,52)/p-2. The molecule has 1 N–H and O–H groups in total. The number of carbonyl (C=O) groups is 1. The van der Waals surface area contributed by atoms with E-state index in [2.05, 4.69) is 17.9 Å². The van der Waals surface area contributed by atoms with Crippen LogP contribution in [0.15, 0.2) is 89.5 Å². The number of unbranched alkanes of at least 4 members (excludes halogenated alkanes) is 2. The Bertz CT molecular complexity index is 2270. The van der Waals surface area contributed by atoms with Gasteiger partial charge in [0, 0.05) is 65.4 Å². The highest BCUT2D eigenvalue weighted by atomic mass is 32.2. The lowest BCUT2D eigenvalue weighted by Crippen LogP contribution is -2.30. The number of hydrogen-bond donors (Lipinski definition) is 1. The molecule has 13 nitrogen and oxygen atoms in total. The van der Waals surface area contributed by atoms with Gasteiger partial charge in [0.2, 0.25) is 5.69 Å². The maximum atomic E-state index is 11.8. The van der Waals surface area contributed by atoms with Crippen LogP contribution in [0.2, 0.25) is 0 Å². The van der Waals surface area contributed by atoms with E-state index >= 15 is 0 Å². The van der Waals surface area contributed by atoms with Gasteiger partial charge in [-0.1, -0.05) is 60.9 Å². The third-order valence-corrected chi connectivity index (χ3v) is 12.5. The third-order valence-electron chi connectivity index (χ3n) is 10.1. The van der Waals surface area contributed by atoms with E-state index < -0.39 is 58.7 Å². The van der Waals surface area contributed by atoms with Crippen molar-refractivity contribution in [3.05, 3.63) is 101 Å². The number of aliphatic carboxylic acids is 1. The minimum absolute atomic E-state index is 0.0297. The predicted octanol–water partition coefficient (Wildman–Crippen LogP) is 5.51. The van der Waals surface area contributed by atoms with Crippen LogP contribution in [0.25, 0.3) is 0 Å². The minimum Gasteiger partial charge on any atom is -0.748 e. The van der Waals surface area contributed by atoms with Crippen molar-refractivity contribution in [2.45, 2.75) is 88.4 Å². The van der Waals surface area contributed by atoms with Gasteiger partial charge in [-0.3, -0.25) is 4.79 Å². The Hall–Kier alpha value is -3.93. The average molecular weight is 817 g/mol. The summed E-state index contributed by atoms with van der Waals surface area (Å²) in [5.74, 6) is -1.91. The molecular formula is C39H48N2O11S3-2. The molecule has 0 saturated heterocycles. The van der Waals surface area contributed by atoms with E-state index in [0.29, 0.717) is 36.3 Å². The van der Waals surface area contributed by atoms with Crippen molar-refractivity contribution in [2.75, 3.05) is 29.5 Å². The fraction of sp³-hybridized carbons (Fsp3) is 0.436. The number of benzene rings is 2. The van der Waals surface area contributed by atoms with E-state index in [4.69, 9.17) is 5.11 Å². The van der Waals surface area contributed by atoms with Crippen molar-refractivity contribution >= 4 is 53.4 Å². The van der Waals surface area contributed by atoms with Gasteiger partial charge in [-0.05, 0) is 76.8 Å². The first-order valence-electron chi connectivity index (χ1n) is 18.0.